The zero-order valence-corrected chi connectivity index (χ0v) is 19.6. The van der Waals surface area contributed by atoms with Crippen LogP contribution in [0.5, 0.6) is 5.75 Å². The van der Waals surface area contributed by atoms with Gasteiger partial charge in [-0.25, -0.2) is 4.79 Å². The molecule has 182 valence electrons. The van der Waals surface area contributed by atoms with Crippen molar-refractivity contribution >= 4 is 34.4 Å². The van der Waals surface area contributed by atoms with Gasteiger partial charge in [0.1, 0.15) is 17.3 Å². The molecule has 1 saturated heterocycles. The van der Waals surface area contributed by atoms with Crippen LogP contribution in [0.15, 0.2) is 41.2 Å². The van der Waals surface area contributed by atoms with E-state index in [2.05, 4.69) is 26.3 Å². The summed E-state index contributed by atoms with van der Waals surface area (Å²) in [5, 5.41) is 25.9. The van der Waals surface area contributed by atoms with Gasteiger partial charge in [-0.1, -0.05) is 38.1 Å². The highest BCUT2D eigenvalue weighted by Crippen LogP contribution is 2.30. The van der Waals surface area contributed by atoms with E-state index in [1.54, 1.807) is 30.3 Å². The van der Waals surface area contributed by atoms with Crippen molar-refractivity contribution in [1.82, 2.24) is 25.6 Å². The Bertz CT molecular complexity index is 1390. The highest BCUT2D eigenvalue weighted by Gasteiger charge is 2.30. The summed E-state index contributed by atoms with van der Waals surface area (Å²) < 4.78 is 0.984. The molecule has 11 nitrogen and oxygen atoms in total. The van der Waals surface area contributed by atoms with Gasteiger partial charge < -0.3 is 15.7 Å². The quantitative estimate of drug-likeness (QED) is 0.330. The van der Waals surface area contributed by atoms with Crippen LogP contribution in [0.4, 0.5) is 10.5 Å². The zero-order valence-electron chi connectivity index (χ0n) is 19.6. The number of anilines is 1. The molecular weight excluding hydrogens is 452 g/mol. The number of nitrogens with one attached hydrogen (secondary N) is 3. The van der Waals surface area contributed by atoms with Crippen LogP contribution < -0.4 is 21.5 Å². The number of amides is 4. The number of urea groups is 1. The minimum Gasteiger partial charge on any atom is -0.506 e. The molecule has 2 aromatic carbocycles. The minimum atomic E-state index is -0.915. The van der Waals surface area contributed by atoms with Gasteiger partial charge in [0, 0.05) is 13.0 Å². The Balaban J connectivity index is 1.47. The number of rotatable bonds is 4. The second kappa shape index (κ2) is 9.16. The van der Waals surface area contributed by atoms with Gasteiger partial charge in [-0.2, -0.15) is 4.68 Å². The first-order valence-electron chi connectivity index (χ1n) is 11.1. The fraction of sp³-hybridized carbons (Fsp3) is 0.333. The Kier molecular flexibility index (Phi) is 6.25. The number of phenols is 1. The molecule has 4 rings (SSSR count). The predicted molar refractivity (Wildman–Crippen MR) is 128 cm³/mol. The number of piperidine rings is 1. The topological polar surface area (TPSA) is 155 Å². The molecule has 4 amide bonds. The maximum absolute atomic E-state index is 13.0. The Morgan fingerprint density at radius 3 is 2.63 bits per heavy atom. The number of nitrogens with zero attached hydrogens (tertiary/aromatic N) is 3. The number of carbonyl (C=O) groups is 3. The third kappa shape index (κ3) is 5.13. The average molecular weight is 479 g/mol. The van der Waals surface area contributed by atoms with E-state index in [1.165, 1.54) is 0 Å². The number of carbonyl (C=O) groups excluding carboxylic acids is 3. The predicted octanol–water partition coefficient (Wildman–Crippen LogP) is 2.09. The first-order valence-corrected chi connectivity index (χ1v) is 11.1. The molecule has 4 N–H and O–H groups in total. The van der Waals surface area contributed by atoms with Crippen LogP contribution in [-0.2, 0) is 21.5 Å². The van der Waals surface area contributed by atoms with Crippen LogP contribution in [0, 0.1) is 0 Å². The van der Waals surface area contributed by atoms with Crippen LogP contribution in [0.3, 0.4) is 0 Å². The summed E-state index contributed by atoms with van der Waals surface area (Å²) in [6, 6.07) is 8.53. The molecule has 35 heavy (non-hydrogen) atoms. The molecule has 2 heterocycles. The van der Waals surface area contributed by atoms with E-state index in [-0.39, 0.29) is 41.6 Å². The molecule has 11 heteroatoms. The largest absolute Gasteiger partial charge is 0.506 e. The van der Waals surface area contributed by atoms with E-state index in [0.717, 1.165) is 10.2 Å². The van der Waals surface area contributed by atoms with E-state index >= 15 is 0 Å². The Morgan fingerprint density at radius 2 is 1.94 bits per heavy atom. The summed E-state index contributed by atoms with van der Waals surface area (Å²) in [5.41, 5.74) is 1.52. The van der Waals surface area contributed by atoms with Crippen LogP contribution >= 0.6 is 0 Å². The summed E-state index contributed by atoms with van der Waals surface area (Å²) in [6.07, 6.45) is 0.270. The third-order valence-corrected chi connectivity index (χ3v) is 5.82. The van der Waals surface area contributed by atoms with Crippen molar-refractivity contribution < 1.29 is 19.5 Å². The summed E-state index contributed by atoms with van der Waals surface area (Å²) in [7, 11) is 0. The monoisotopic (exact) mass is 478 g/mol. The highest BCUT2D eigenvalue weighted by atomic mass is 16.3. The molecule has 1 atom stereocenters. The van der Waals surface area contributed by atoms with Crippen molar-refractivity contribution in [2.45, 2.75) is 51.6 Å². The minimum absolute atomic E-state index is 0.0362. The summed E-state index contributed by atoms with van der Waals surface area (Å²) >= 11 is 0. The van der Waals surface area contributed by atoms with E-state index in [0.29, 0.717) is 11.1 Å². The molecule has 1 fully saturated rings. The maximum atomic E-state index is 13.0. The number of benzene rings is 2. The van der Waals surface area contributed by atoms with Gasteiger partial charge in [-0.3, -0.25) is 19.7 Å². The molecule has 1 aromatic heterocycles. The van der Waals surface area contributed by atoms with Gasteiger partial charge in [0.15, 0.2) is 0 Å². The first kappa shape index (κ1) is 23.9. The number of phenolic OH excluding ortho intramolecular Hbond substituents is 1. The van der Waals surface area contributed by atoms with Crippen LogP contribution in [0.1, 0.15) is 50.8 Å². The molecule has 0 aliphatic carbocycles. The van der Waals surface area contributed by atoms with Crippen LogP contribution in [0.2, 0.25) is 0 Å². The lowest BCUT2D eigenvalue weighted by Crippen LogP contribution is -2.45. The average Bonchev–Trinajstić information content (AvgIpc) is 2.79. The fourth-order valence-corrected chi connectivity index (χ4v) is 3.78. The lowest BCUT2D eigenvalue weighted by molar-refractivity contribution is -0.136. The SMILES string of the molecule is CC(C)(C)c1ccc(NC(=O)NCc2ccc3nnn(C4CCC(=O)NC4=O)c(=O)c3c2)c(O)c1. The number of hydrogen-bond donors (Lipinski definition) is 4. The van der Waals surface area contributed by atoms with Gasteiger partial charge in [0.25, 0.3) is 11.5 Å². The number of aromatic hydroxyl groups is 1. The van der Waals surface area contributed by atoms with Crippen LogP contribution in [0.25, 0.3) is 10.9 Å². The van der Waals surface area contributed by atoms with Gasteiger partial charge >= 0.3 is 6.03 Å². The second-order valence-electron chi connectivity index (χ2n) is 9.45. The zero-order chi connectivity index (χ0) is 25.3. The second-order valence-corrected chi connectivity index (χ2v) is 9.45. The van der Waals surface area contributed by atoms with Crippen molar-refractivity contribution in [3.05, 3.63) is 57.9 Å². The van der Waals surface area contributed by atoms with E-state index in [4.69, 9.17) is 0 Å². The van der Waals surface area contributed by atoms with E-state index < -0.39 is 29.4 Å². The molecular formula is C24H26N6O5. The molecule has 1 unspecified atom stereocenters. The van der Waals surface area contributed by atoms with Crippen molar-refractivity contribution in [1.29, 1.82) is 0 Å². The standard InChI is InChI=1S/C24H26N6O5/c1-24(2,3)14-5-7-17(19(31)11-14)26-23(35)25-12-13-4-6-16-15(10-13)22(34)30(29-28-16)18-8-9-20(32)27-21(18)33/h4-7,10-11,18,31H,8-9,12H2,1-3H3,(H2,25,26,35)(H,27,32,33). The summed E-state index contributed by atoms with van der Waals surface area (Å²) in [5.74, 6) is -1.02. The molecule has 3 aromatic rings. The molecule has 0 bridgehead atoms. The number of aromatic nitrogens is 3. The van der Waals surface area contributed by atoms with Gasteiger partial charge in [0.05, 0.1) is 11.1 Å². The van der Waals surface area contributed by atoms with Gasteiger partial charge in [0.2, 0.25) is 5.91 Å². The molecule has 0 spiro atoms. The number of fused-ring (bicyclic) bond motifs is 1. The maximum Gasteiger partial charge on any atom is 0.319 e. The van der Waals surface area contributed by atoms with Crippen molar-refractivity contribution in [2.75, 3.05) is 5.32 Å². The lowest BCUT2D eigenvalue weighted by atomic mass is 9.87. The summed E-state index contributed by atoms with van der Waals surface area (Å²) in [6.45, 7) is 6.17. The fourth-order valence-electron chi connectivity index (χ4n) is 3.78. The van der Waals surface area contributed by atoms with E-state index in [1.807, 2.05) is 26.8 Å². The molecule has 0 radical (unpaired) electrons. The third-order valence-electron chi connectivity index (χ3n) is 5.82. The molecule has 1 aliphatic rings. The Hall–Kier alpha value is -4.28. The number of hydrogen-bond acceptors (Lipinski definition) is 7. The van der Waals surface area contributed by atoms with Crippen molar-refractivity contribution in [3.63, 3.8) is 0 Å². The first-order chi connectivity index (χ1) is 16.5. The number of imide groups is 1. The van der Waals surface area contributed by atoms with E-state index in [9.17, 15) is 24.3 Å². The Morgan fingerprint density at radius 1 is 1.17 bits per heavy atom. The Labute approximate surface area is 200 Å². The van der Waals surface area contributed by atoms with Crippen molar-refractivity contribution in [3.8, 4) is 5.75 Å². The molecule has 1 aliphatic heterocycles. The van der Waals surface area contributed by atoms with Gasteiger partial charge in [-0.15, -0.1) is 5.10 Å². The smallest absolute Gasteiger partial charge is 0.319 e. The summed E-state index contributed by atoms with van der Waals surface area (Å²) in [4.78, 5) is 48.9. The normalized spacial score (nSPS) is 16.1. The molecule has 0 saturated carbocycles. The van der Waals surface area contributed by atoms with Crippen molar-refractivity contribution in [2.24, 2.45) is 0 Å². The highest BCUT2D eigenvalue weighted by molar-refractivity contribution is 5.99. The lowest BCUT2D eigenvalue weighted by Gasteiger charge is -2.21. The van der Waals surface area contributed by atoms with Gasteiger partial charge in [-0.05, 0) is 47.2 Å². The van der Waals surface area contributed by atoms with Crippen LogP contribution in [-0.4, -0.2) is 37.9 Å².